The second-order valence-corrected chi connectivity index (χ2v) is 6.36. The predicted octanol–water partition coefficient (Wildman–Crippen LogP) is 3.28. The molecule has 0 saturated heterocycles. The highest BCUT2D eigenvalue weighted by Gasteiger charge is 2.14. The monoisotopic (exact) mass is 373 g/mol. The van der Waals surface area contributed by atoms with Gasteiger partial charge in [0, 0.05) is 24.5 Å². The molecule has 1 N–H and O–H groups in total. The molecule has 1 aromatic heterocycles. The van der Waals surface area contributed by atoms with Crippen LogP contribution in [0, 0.1) is 5.82 Å². The highest BCUT2D eigenvalue weighted by Crippen LogP contribution is 2.32. The fourth-order valence-corrected chi connectivity index (χ4v) is 3.43. The molecule has 0 radical (unpaired) electrons. The zero-order valence-electron chi connectivity index (χ0n) is 11.7. The first-order chi connectivity index (χ1) is 10.2. The van der Waals surface area contributed by atoms with E-state index in [9.17, 15) is 4.39 Å². The quantitative estimate of drug-likeness (QED) is 0.721. The van der Waals surface area contributed by atoms with Crippen LogP contribution >= 0.6 is 27.3 Å². The number of aromatic nitrogens is 2. The zero-order valence-corrected chi connectivity index (χ0v) is 14.1. The number of methoxy groups -OCH3 is 1. The normalized spacial score (nSPS) is 11.0. The number of nitrogens with zero attached hydrogens (tertiary/aromatic N) is 2. The van der Waals surface area contributed by atoms with Gasteiger partial charge >= 0.3 is 0 Å². The van der Waals surface area contributed by atoms with Gasteiger partial charge in [-0.2, -0.15) is 0 Å². The lowest BCUT2D eigenvalue weighted by Crippen LogP contribution is -2.20. The zero-order chi connectivity index (χ0) is 15.1. The van der Waals surface area contributed by atoms with Crippen LogP contribution in [-0.4, -0.2) is 37.0 Å². The van der Waals surface area contributed by atoms with Crippen molar-refractivity contribution in [3.05, 3.63) is 33.5 Å². The Morgan fingerprint density at radius 3 is 2.95 bits per heavy atom. The van der Waals surface area contributed by atoms with Crippen molar-refractivity contribution in [3.63, 3.8) is 0 Å². The number of rotatable bonds is 8. The molecule has 0 fully saturated rings. The molecule has 2 rings (SSSR count). The largest absolute Gasteiger partial charge is 0.383 e. The topological polar surface area (TPSA) is 47.0 Å². The molecule has 0 bridgehead atoms. The standard InChI is InChI=1S/C14H17BrFN3OS/c1-20-9-8-17-7-3-6-12-18-19-14(21-12)13-10(15)4-2-5-11(13)16/h2,4-5,17H,3,6-9H2,1H3. The van der Waals surface area contributed by atoms with Gasteiger partial charge in [-0.05, 0) is 41.0 Å². The van der Waals surface area contributed by atoms with Crippen molar-refractivity contribution < 1.29 is 9.13 Å². The molecule has 0 aliphatic heterocycles. The van der Waals surface area contributed by atoms with Crippen LogP contribution in [-0.2, 0) is 11.2 Å². The number of hydrogen-bond acceptors (Lipinski definition) is 5. The SMILES string of the molecule is COCCNCCCc1nnc(-c2c(F)cccc2Br)s1. The Hall–Kier alpha value is -0.890. The van der Waals surface area contributed by atoms with Crippen molar-refractivity contribution in [3.8, 4) is 10.6 Å². The smallest absolute Gasteiger partial charge is 0.151 e. The maximum absolute atomic E-state index is 13.9. The van der Waals surface area contributed by atoms with Gasteiger partial charge in [0.15, 0.2) is 5.01 Å². The van der Waals surface area contributed by atoms with Gasteiger partial charge in [0.1, 0.15) is 10.8 Å². The maximum atomic E-state index is 13.9. The number of benzene rings is 1. The van der Waals surface area contributed by atoms with Gasteiger partial charge in [-0.15, -0.1) is 10.2 Å². The fourth-order valence-electron chi connectivity index (χ4n) is 1.82. The summed E-state index contributed by atoms with van der Waals surface area (Å²) in [5.74, 6) is -0.284. The van der Waals surface area contributed by atoms with Crippen LogP contribution in [0.4, 0.5) is 4.39 Å². The molecular formula is C14H17BrFN3OS. The van der Waals surface area contributed by atoms with Gasteiger partial charge in [-0.25, -0.2) is 4.39 Å². The summed E-state index contributed by atoms with van der Waals surface area (Å²) in [6, 6.07) is 4.90. The average molecular weight is 374 g/mol. The van der Waals surface area contributed by atoms with E-state index < -0.39 is 0 Å². The third-order valence-electron chi connectivity index (χ3n) is 2.87. The molecule has 0 unspecified atom stereocenters. The molecule has 0 saturated carbocycles. The second-order valence-electron chi connectivity index (χ2n) is 4.44. The van der Waals surface area contributed by atoms with Gasteiger partial charge in [-0.1, -0.05) is 17.4 Å². The Kier molecular flexibility index (Phi) is 6.69. The van der Waals surface area contributed by atoms with Crippen molar-refractivity contribution in [2.75, 3.05) is 26.8 Å². The summed E-state index contributed by atoms with van der Waals surface area (Å²) < 4.78 is 19.5. The lowest BCUT2D eigenvalue weighted by Gasteiger charge is -2.02. The molecule has 0 amide bonds. The fraction of sp³-hybridized carbons (Fsp3) is 0.429. The summed E-state index contributed by atoms with van der Waals surface area (Å²) in [7, 11) is 1.69. The Morgan fingerprint density at radius 2 is 2.19 bits per heavy atom. The van der Waals surface area contributed by atoms with Crippen LogP contribution in [0.5, 0.6) is 0 Å². The van der Waals surface area contributed by atoms with E-state index in [0.717, 1.165) is 30.9 Å². The predicted molar refractivity (Wildman–Crippen MR) is 86.1 cm³/mol. The van der Waals surface area contributed by atoms with Crippen molar-refractivity contribution in [1.29, 1.82) is 0 Å². The molecule has 0 aliphatic carbocycles. The van der Waals surface area contributed by atoms with E-state index in [-0.39, 0.29) is 5.82 Å². The van der Waals surface area contributed by atoms with E-state index in [0.29, 0.717) is 21.7 Å². The minimum atomic E-state index is -0.284. The summed E-state index contributed by atoms with van der Waals surface area (Å²) in [5.41, 5.74) is 0.486. The molecule has 1 heterocycles. The van der Waals surface area contributed by atoms with Crippen LogP contribution in [0.15, 0.2) is 22.7 Å². The first-order valence-corrected chi connectivity index (χ1v) is 8.29. The summed E-state index contributed by atoms with van der Waals surface area (Å²) in [5, 5.41) is 13.0. The third kappa shape index (κ3) is 4.81. The van der Waals surface area contributed by atoms with Gasteiger partial charge in [0.25, 0.3) is 0 Å². The number of ether oxygens (including phenoxy) is 1. The van der Waals surface area contributed by atoms with Gasteiger partial charge in [-0.3, -0.25) is 0 Å². The summed E-state index contributed by atoms with van der Waals surface area (Å²) >= 11 is 4.80. The minimum Gasteiger partial charge on any atom is -0.383 e. The van der Waals surface area contributed by atoms with E-state index in [1.165, 1.54) is 17.4 Å². The lowest BCUT2D eigenvalue weighted by molar-refractivity contribution is 0.199. The number of nitrogens with one attached hydrogen (secondary N) is 1. The Labute approximate surface area is 135 Å². The van der Waals surface area contributed by atoms with E-state index in [2.05, 4.69) is 31.4 Å². The summed E-state index contributed by atoms with van der Waals surface area (Å²) in [4.78, 5) is 0. The first-order valence-electron chi connectivity index (χ1n) is 6.69. The summed E-state index contributed by atoms with van der Waals surface area (Å²) in [6.45, 7) is 2.46. The molecule has 7 heteroatoms. The second kappa shape index (κ2) is 8.53. The van der Waals surface area contributed by atoms with Crippen LogP contribution in [0.1, 0.15) is 11.4 Å². The van der Waals surface area contributed by atoms with E-state index in [4.69, 9.17) is 4.74 Å². The maximum Gasteiger partial charge on any atom is 0.151 e. The first kappa shape index (κ1) is 16.5. The molecule has 0 aliphatic rings. The molecule has 4 nitrogen and oxygen atoms in total. The van der Waals surface area contributed by atoms with Crippen molar-refractivity contribution in [1.82, 2.24) is 15.5 Å². The Bertz CT molecular complexity index is 559. The molecule has 0 spiro atoms. The molecular weight excluding hydrogens is 357 g/mol. The highest BCUT2D eigenvalue weighted by molar-refractivity contribution is 9.10. The van der Waals surface area contributed by atoms with Crippen molar-refractivity contribution >= 4 is 27.3 Å². The van der Waals surface area contributed by atoms with Crippen molar-refractivity contribution in [2.45, 2.75) is 12.8 Å². The van der Waals surface area contributed by atoms with Crippen molar-refractivity contribution in [2.24, 2.45) is 0 Å². The van der Waals surface area contributed by atoms with Crippen LogP contribution in [0.3, 0.4) is 0 Å². The summed E-state index contributed by atoms with van der Waals surface area (Å²) in [6.07, 6.45) is 1.81. The molecule has 114 valence electrons. The molecule has 1 aromatic carbocycles. The minimum absolute atomic E-state index is 0.284. The Morgan fingerprint density at radius 1 is 1.33 bits per heavy atom. The van der Waals surface area contributed by atoms with Gasteiger partial charge in [0.2, 0.25) is 0 Å². The van der Waals surface area contributed by atoms with Gasteiger partial charge in [0.05, 0.1) is 12.2 Å². The average Bonchev–Trinajstić information content (AvgIpc) is 2.91. The third-order valence-corrected chi connectivity index (χ3v) is 4.53. The van der Waals surface area contributed by atoms with Crippen LogP contribution < -0.4 is 5.32 Å². The Balaban J connectivity index is 1.90. The molecule has 21 heavy (non-hydrogen) atoms. The van der Waals surface area contributed by atoms with Crippen LogP contribution in [0.2, 0.25) is 0 Å². The number of hydrogen-bond donors (Lipinski definition) is 1. The molecule has 2 aromatic rings. The van der Waals surface area contributed by atoms with Gasteiger partial charge < -0.3 is 10.1 Å². The molecule has 0 atom stereocenters. The van der Waals surface area contributed by atoms with E-state index >= 15 is 0 Å². The van der Waals surface area contributed by atoms with E-state index in [1.807, 2.05) is 0 Å². The van der Waals surface area contributed by atoms with Crippen LogP contribution in [0.25, 0.3) is 10.6 Å². The number of halogens is 2. The highest BCUT2D eigenvalue weighted by atomic mass is 79.9. The van der Waals surface area contributed by atoms with E-state index in [1.54, 1.807) is 19.2 Å². The lowest BCUT2D eigenvalue weighted by atomic mass is 10.2. The number of aryl methyl sites for hydroxylation is 1.